The molecule has 1 amide bonds. The summed E-state index contributed by atoms with van der Waals surface area (Å²) in [6.45, 7) is 0. The molecule has 0 bridgehead atoms. The summed E-state index contributed by atoms with van der Waals surface area (Å²) >= 11 is 5.83. The minimum absolute atomic E-state index is 0.0160. The standard InChI is InChI=1S/C11H9ClN4O3/c1-15-6-7(12)10(14-15)11(17)13-8-4-2-3-5-9(8)16(18)19/h2-6H,1H3,(H,13,17). The number of aromatic nitrogens is 2. The molecule has 0 saturated heterocycles. The fraction of sp³-hybridized carbons (Fsp3) is 0.0909. The van der Waals surface area contributed by atoms with E-state index in [-0.39, 0.29) is 22.1 Å². The van der Waals surface area contributed by atoms with Gasteiger partial charge in [0.25, 0.3) is 11.6 Å². The molecular formula is C11H9ClN4O3. The van der Waals surface area contributed by atoms with E-state index in [1.807, 2.05) is 0 Å². The van der Waals surface area contributed by atoms with Gasteiger partial charge in [0.05, 0.1) is 9.95 Å². The first kappa shape index (κ1) is 13.0. The molecule has 1 aromatic carbocycles. The second-order valence-electron chi connectivity index (χ2n) is 3.73. The molecule has 1 aromatic heterocycles. The zero-order valence-corrected chi connectivity index (χ0v) is 10.6. The molecule has 0 radical (unpaired) electrons. The number of benzene rings is 1. The monoisotopic (exact) mass is 280 g/mol. The van der Waals surface area contributed by atoms with Crippen LogP contribution < -0.4 is 5.32 Å². The minimum atomic E-state index is -0.597. The first-order valence-electron chi connectivity index (χ1n) is 5.23. The quantitative estimate of drug-likeness (QED) is 0.689. The van der Waals surface area contributed by atoms with Crippen molar-refractivity contribution >= 4 is 28.9 Å². The third-order valence-electron chi connectivity index (χ3n) is 2.35. The molecule has 0 fully saturated rings. The van der Waals surface area contributed by atoms with Crippen molar-refractivity contribution in [1.82, 2.24) is 9.78 Å². The maximum atomic E-state index is 11.9. The molecule has 2 aromatic rings. The predicted octanol–water partition coefficient (Wildman–Crippen LogP) is 2.23. The number of carbonyl (C=O) groups is 1. The fourth-order valence-electron chi connectivity index (χ4n) is 1.53. The van der Waals surface area contributed by atoms with Crippen LogP contribution in [0.15, 0.2) is 30.5 Å². The SMILES string of the molecule is Cn1cc(Cl)c(C(=O)Nc2ccccc2[N+](=O)[O-])n1. The zero-order valence-electron chi connectivity index (χ0n) is 9.83. The number of nitro benzene ring substituents is 1. The zero-order chi connectivity index (χ0) is 14.0. The van der Waals surface area contributed by atoms with Gasteiger partial charge in [0.1, 0.15) is 5.69 Å². The number of aryl methyl sites for hydroxylation is 1. The second-order valence-corrected chi connectivity index (χ2v) is 4.13. The lowest BCUT2D eigenvalue weighted by Gasteiger charge is -2.04. The average molecular weight is 281 g/mol. The van der Waals surface area contributed by atoms with Crippen LogP contribution in [0, 0.1) is 10.1 Å². The highest BCUT2D eigenvalue weighted by molar-refractivity contribution is 6.34. The van der Waals surface area contributed by atoms with Crippen molar-refractivity contribution in [1.29, 1.82) is 0 Å². The van der Waals surface area contributed by atoms with E-state index in [9.17, 15) is 14.9 Å². The number of hydrogen-bond donors (Lipinski definition) is 1. The molecule has 2 rings (SSSR count). The Morgan fingerprint density at radius 1 is 1.47 bits per heavy atom. The Bertz CT molecular complexity index is 653. The van der Waals surface area contributed by atoms with E-state index < -0.39 is 10.8 Å². The van der Waals surface area contributed by atoms with Gasteiger partial charge >= 0.3 is 0 Å². The molecule has 8 heteroatoms. The van der Waals surface area contributed by atoms with Gasteiger partial charge in [0.15, 0.2) is 5.69 Å². The normalized spacial score (nSPS) is 10.2. The van der Waals surface area contributed by atoms with Gasteiger partial charge in [0.2, 0.25) is 0 Å². The first-order chi connectivity index (χ1) is 8.99. The molecule has 98 valence electrons. The molecule has 0 aliphatic carbocycles. The number of para-hydroxylation sites is 2. The smallest absolute Gasteiger partial charge is 0.292 e. The Morgan fingerprint density at radius 3 is 2.74 bits per heavy atom. The van der Waals surface area contributed by atoms with Crippen LogP contribution >= 0.6 is 11.6 Å². The van der Waals surface area contributed by atoms with Crippen LogP contribution in [-0.4, -0.2) is 20.6 Å². The molecule has 19 heavy (non-hydrogen) atoms. The van der Waals surface area contributed by atoms with Gasteiger partial charge in [-0.2, -0.15) is 5.10 Å². The lowest BCUT2D eigenvalue weighted by Crippen LogP contribution is -2.14. The second kappa shape index (κ2) is 5.07. The van der Waals surface area contributed by atoms with Gasteiger partial charge in [0, 0.05) is 19.3 Å². The molecule has 1 N–H and O–H groups in total. The summed E-state index contributed by atoms with van der Waals surface area (Å²) in [6, 6.07) is 5.84. The number of nitro groups is 1. The summed E-state index contributed by atoms with van der Waals surface area (Å²) in [5.74, 6) is -0.597. The van der Waals surface area contributed by atoms with Gasteiger partial charge in [-0.3, -0.25) is 19.6 Å². The average Bonchev–Trinajstić information content (AvgIpc) is 2.69. The lowest BCUT2D eigenvalue weighted by atomic mass is 10.2. The van der Waals surface area contributed by atoms with Crippen LogP contribution in [0.25, 0.3) is 0 Å². The van der Waals surface area contributed by atoms with Gasteiger partial charge in [-0.1, -0.05) is 23.7 Å². The van der Waals surface area contributed by atoms with Gasteiger partial charge in [-0.25, -0.2) is 0 Å². The molecule has 0 aliphatic rings. The van der Waals surface area contributed by atoms with Gasteiger partial charge < -0.3 is 5.32 Å². The Morgan fingerprint density at radius 2 is 2.16 bits per heavy atom. The Hall–Kier alpha value is -2.41. The molecule has 0 spiro atoms. The minimum Gasteiger partial charge on any atom is -0.315 e. The summed E-state index contributed by atoms with van der Waals surface area (Å²) in [6.07, 6.45) is 1.47. The lowest BCUT2D eigenvalue weighted by molar-refractivity contribution is -0.383. The van der Waals surface area contributed by atoms with Crippen LogP contribution in [0.4, 0.5) is 11.4 Å². The molecule has 7 nitrogen and oxygen atoms in total. The largest absolute Gasteiger partial charge is 0.315 e. The van der Waals surface area contributed by atoms with Crippen LogP contribution in [0.3, 0.4) is 0 Å². The summed E-state index contributed by atoms with van der Waals surface area (Å²) in [5.41, 5.74) is -0.0792. The summed E-state index contributed by atoms with van der Waals surface area (Å²) in [4.78, 5) is 22.2. The number of hydrogen-bond acceptors (Lipinski definition) is 4. The summed E-state index contributed by atoms with van der Waals surface area (Å²) < 4.78 is 1.39. The number of amides is 1. The number of anilines is 1. The van der Waals surface area contributed by atoms with Crippen LogP contribution in [0.1, 0.15) is 10.5 Å². The van der Waals surface area contributed by atoms with E-state index >= 15 is 0 Å². The number of halogens is 1. The predicted molar refractivity (Wildman–Crippen MR) is 69.3 cm³/mol. The van der Waals surface area contributed by atoms with Gasteiger partial charge in [-0.15, -0.1) is 0 Å². The van der Waals surface area contributed by atoms with Crippen molar-refractivity contribution in [2.45, 2.75) is 0 Å². The summed E-state index contributed by atoms with van der Waals surface area (Å²) in [7, 11) is 1.62. The molecule has 0 unspecified atom stereocenters. The Balaban J connectivity index is 2.29. The maximum absolute atomic E-state index is 11.9. The highest BCUT2D eigenvalue weighted by Crippen LogP contribution is 2.24. The fourth-order valence-corrected chi connectivity index (χ4v) is 1.80. The third-order valence-corrected chi connectivity index (χ3v) is 2.62. The molecule has 1 heterocycles. The number of nitrogens with one attached hydrogen (secondary N) is 1. The topological polar surface area (TPSA) is 90.1 Å². The number of carbonyl (C=O) groups excluding carboxylic acids is 1. The molecule has 0 aliphatic heterocycles. The van der Waals surface area contributed by atoms with E-state index in [1.54, 1.807) is 13.1 Å². The molecule has 0 saturated carbocycles. The number of rotatable bonds is 3. The number of nitrogens with zero attached hydrogens (tertiary/aromatic N) is 3. The highest BCUT2D eigenvalue weighted by Gasteiger charge is 2.19. The van der Waals surface area contributed by atoms with Crippen molar-refractivity contribution in [2.24, 2.45) is 7.05 Å². The maximum Gasteiger partial charge on any atom is 0.292 e. The third kappa shape index (κ3) is 2.71. The van der Waals surface area contributed by atoms with E-state index in [2.05, 4.69) is 10.4 Å². The van der Waals surface area contributed by atoms with Crippen LogP contribution in [0.5, 0.6) is 0 Å². The van der Waals surface area contributed by atoms with E-state index in [1.165, 1.54) is 29.1 Å². The molecule has 0 atom stereocenters. The van der Waals surface area contributed by atoms with Crippen molar-refractivity contribution in [3.8, 4) is 0 Å². The van der Waals surface area contributed by atoms with Crippen LogP contribution in [0.2, 0.25) is 5.02 Å². The van der Waals surface area contributed by atoms with Crippen LogP contribution in [-0.2, 0) is 7.05 Å². The Kier molecular flexibility index (Phi) is 3.48. The van der Waals surface area contributed by atoms with Crippen molar-refractivity contribution in [2.75, 3.05) is 5.32 Å². The van der Waals surface area contributed by atoms with Crippen molar-refractivity contribution in [3.63, 3.8) is 0 Å². The molecular weight excluding hydrogens is 272 g/mol. The highest BCUT2D eigenvalue weighted by atomic mass is 35.5. The van der Waals surface area contributed by atoms with E-state index in [0.717, 1.165) is 0 Å². The van der Waals surface area contributed by atoms with Crippen molar-refractivity contribution < 1.29 is 9.72 Å². The van der Waals surface area contributed by atoms with E-state index in [0.29, 0.717) is 0 Å². The Labute approximate surface area is 112 Å². The van der Waals surface area contributed by atoms with E-state index in [4.69, 9.17) is 11.6 Å². The van der Waals surface area contributed by atoms with Gasteiger partial charge in [-0.05, 0) is 6.07 Å². The summed E-state index contributed by atoms with van der Waals surface area (Å²) in [5, 5.41) is 17.3. The van der Waals surface area contributed by atoms with Crippen molar-refractivity contribution in [3.05, 3.63) is 51.3 Å². The first-order valence-corrected chi connectivity index (χ1v) is 5.60.